The highest BCUT2D eigenvalue weighted by Gasteiger charge is 2.13. The summed E-state index contributed by atoms with van der Waals surface area (Å²) in [6.07, 6.45) is 1.88. The summed E-state index contributed by atoms with van der Waals surface area (Å²) in [4.78, 5) is 0. The lowest BCUT2D eigenvalue weighted by molar-refractivity contribution is 0.314. The lowest BCUT2D eigenvalue weighted by atomic mass is 10.0. The number of nitrogens with two attached hydrogens (primary N) is 2. The molecule has 0 aliphatic heterocycles. The van der Waals surface area contributed by atoms with Gasteiger partial charge in [0.15, 0.2) is 0 Å². The monoisotopic (exact) mass is 300 g/mol. The molecule has 2 rings (SSSR count). The van der Waals surface area contributed by atoms with Crippen LogP contribution in [-0.2, 0) is 0 Å². The smallest absolute Gasteiger partial charge is 0.129 e. The van der Waals surface area contributed by atoms with E-state index in [1.54, 1.807) is 0 Å². The Bertz CT molecular complexity index is 571. The van der Waals surface area contributed by atoms with Gasteiger partial charge in [0.05, 0.1) is 13.2 Å². The first-order valence-electron chi connectivity index (χ1n) is 7.70. The summed E-state index contributed by atoms with van der Waals surface area (Å²) >= 11 is 0. The predicted molar refractivity (Wildman–Crippen MR) is 92.3 cm³/mol. The molecule has 0 aliphatic rings. The summed E-state index contributed by atoms with van der Waals surface area (Å²) < 4.78 is 11.7. The van der Waals surface area contributed by atoms with Crippen LogP contribution in [0, 0.1) is 0 Å². The molecule has 118 valence electrons. The van der Waals surface area contributed by atoms with Crippen molar-refractivity contribution in [1.82, 2.24) is 0 Å². The van der Waals surface area contributed by atoms with Crippen LogP contribution in [0.1, 0.15) is 26.7 Å². The summed E-state index contributed by atoms with van der Waals surface area (Å²) in [5.41, 5.74) is 15.1. The summed E-state index contributed by atoms with van der Waals surface area (Å²) in [6, 6.07) is 11.4. The fraction of sp³-hybridized carbons (Fsp3) is 0.333. The molecule has 0 spiro atoms. The average molecular weight is 300 g/mol. The highest BCUT2D eigenvalue weighted by molar-refractivity contribution is 5.79. The zero-order valence-corrected chi connectivity index (χ0v) is 13.3. The molecular weight excluding hydrogens is 276 g/mol. The molecule has 0 amide bonds. The van der Waals surface area contributed by atoms with Crippen molar-refractivity contribution in [3.05, 3.63) is 36.4 Å². The van der Waals surface area contributed by atoms with Crippen LogP contribution in [-0.4, -0.2) is 13.2 Å². The molecule has 2 aromatic carbocycles. The largest absolute Gasteiger partial charge is 0.493 e. The van der Waals surface area contributed by atoms with Crippen LogP contribution in [0.2, 0.25) is 0 Å². The van der Waals surface area contributed by atoms with E-state index in [2.05, 4.69) is 13.8 Å². The van der Waals surface area contributed by atoms with Gasteiger partial charge in [-0.25, -0.2) is 0 Å². The van der Waals surface area contributed by atoms with Crippen molar-refractivity contribution in [3.63, 3.8) is 0 Å². The van der Waals surface area contributed by atoms with Crippen molar-refractivity contribution in [3.8, 4) is 22.6 Å². The van der Waals surface area contributed by atoms with E-state index in [4.69, 9.17) is 20.9 Å². The zero-order valence-electron chi connectivity index (χ0n) is 13.3. The van der Waals surface area contributed by atoms with Crippen LogP contribution in [0.3, 0.4) is 0 Å². The molecule has 0 bridgehead atoms. The SMILES string of the molecule is CCCOc1cc(N)ccc1-c1ccc(N)cc1OCCC. The molecule has 0 unspecified atom stereocenters. The van der Waals surface area contributed by atoms with Crippen LogP contribution in [0.5, 0.6) is 11.5 Å². The minimum Gasteiger partial charge on any atom is -0.493 e. The summed E-state index contributed by atoms with van der Waals surface area (Å²) in [5, 5.41) is 0. The van der Waals surface area contributed by atoms with Crippen LogP contribution in [0.4, 0.5) is 11.4 Å². The number of nitrogen functional groups attached to an aromatic ring is 2. The van der Waals surface area contributed by atoms with Crippen LogP contribution in [0.15, 0.2) is 36.4 Å². The van der Waals surface area contributed by atoms with Gasteiger partial charge >= 0.3 is 0 Å². The molecular formula is C18H24N2O2. The number of ether oxygens (including phenoxy) is 2. The van der Waals surface area contributed by atoms with Crippen molar-refractivity contribution >= 4 is 11.4 Å². The molecule has 4 N–H and O–H groups in total. The molecule has 2 aromatic rings. The third kappa shape index (κ3) is 3.85. The first-order chi connectivity index (χ1) is 10.7. The van der Waals surface area contributed by atoms with E-state index < -0.39 is 0 Å². The van der Waals surface area contributed by atoms with Gasteiger partial charge in [0.25, 0.3) is 0 Å². The van der Waals surface area contributed by atoms with Gasteiger partial charge in [-0.2, -0.15) is 0 Å². The first-order valence-corrected chi connectivity index (χ1v) is 7.70. The summed E-state index contributed by atoms with van der Waals surface area (Å²) in [7, 11) is 0. The average Bonchev–Trinajstić information content (AvgIpc) is 2.51. The van der Waals surface area contributed by atoms with Gasteiger partial charge in [-0.1, -0.05) is 13.8 Å². The molecule has 0 radical (unpaired) electrons. The van der Waals surface area contributed by atoms with Crippen molar-refractivity contribution in [2.24, 2.45) is 0 Å². The lowest BCUT2D eigenvalue weighted by Gasteiger charge is -2.16. The third-order valence-electron chi connectivity index (χ3n) is 3.22. The van der Waals surface area contributed by atoms with Gasteiger partial charge in [0.2, 0.25) is 0 Å². The van der Waals surface area contributed by atoms with E-state index in [0.29, 0.717) is 24.6 Å². The predicted octanol–water partition coefficient (Wildman–Crippen LogP) is 4.10. The molecule has 0 atom stereocenters. The van der Waals surface area contributed by atoms with E-state index in [9.17, 15) is 0 Å². The Morgan fingerprint density at radius 2 is 1.14 bits per heavy atom. The molecule has 0 aromatic heterocycles. The minimum atomic E-state index is 0.649. The molecule has 22 heavy (non-hydrogen) atoms. The highest BCUT2D eigenvalue weighted by Crippen LogP contribution is 2.38. The maximum absolute atomic E-state index is 5.89. The number of hydrogen-bond acceptors (Lipinski definition) is 4. The van der Waals surface area contributed by atoms with E-state index >= 15 is 0 Å². The molecule has 0 heterocycles. The summed E-state index contributed by atoms with van der Waals surface area (Å²) in [6.45, 7) is 5.45. The second kappa shape index (κ2) is 7.59. The number of anilines is 2. The van der Waals surface area contributed by atoms with Gasteiger partial charge in [-0.05, 0) is 37.1 Å². The van der Waals surface area contributed by atoms with Crippen molar-refractivity contribution < 1.29 is 9.47 Å². The second-order valence-electron chi connectivity index (χ2n) is 5.21. The third-order valence-corrected chi connectivity index (χ3v) is 3.22. The van der Waals surface area contributed by atoms with Gasteiger partial charge in [-0.3, -0.25) is 0 Å². The van der Waals surface area contributed by atoms with Crippen molar-refractivity contribution in [2.75, 3.05) is 24.7 Å². The Kier molecular flexibility index (Phi) is 5.53. The fourth-order valence-electron chi connectivity index (χ4n) is 2.19. The van der Waals surface area contributed by atoms with E-state index in [-0.39, 0.29) is 0 Å². The molecule has 4 heteroatoms. The quantitative estimate of drug-likeness (QED) is 0.755. The molecule has 0 aliphatic carbocycles. The van der Waals surface area contributed by atoms with E-state index in [1.165, 1.54) is 0 Å². The molecule has 4 nitrogen and oxygen atoms in total. The Hall–Kier alpha value is -2.36. The number of hydrogen-bond donors (Lipinski definition) is 2. The Morgan fingerprint density at radius 3 is 1.50 bits per heavy atom. The van der Waals surface area contributed by atoms with Gasteiger partial charge < -0.3 is 20.9 Å². The van der Waals surface area contributed by atoms with E-state index in [0.717, 1.165) is 35.5 Å². The minimum absolute atomic E-state index is 0.649. The standard InChI is InChI=1S/C18H24N2O2/c1-3-9-21-17-11-13(19)5-7-15(17)16-8-6-14(20)12-18(16)22-10-4-2/h5-8,11-12H,3-4,9-10,19-20H2,1-2H3. The molecule has 0 fully saturated rings. The fourth-order valence-corrected chi connectivity index (χ4v) is 2.19. The number of rotatable bonds is 7. The van der Waals surface area contributed by atoms with Crippen LogP contribution in [0.25, 0.3) is 11.1 Å². The maximum Gasteiger partial charge on any atom is 0.129 e. The van der Waals surface area contributed by atoms with Crippen molar-refractivity contribution in [1.29, 1.82) is 0 Å². The van der Waals surface area contributed by atoms with Gasteiger partial charge in [-0.15, -0.1) is 0 Å². The Labute approximate surface area is 132 Å². The zero-order chi connectivity index (χ0) is 15.9. The lowest BCUT2D eigenvalue weighted by Crippen LogP contribution is -2.01. The molecule has 0 saturated carbocycles. The first kappa shape index (κ1) is 16.0. The maximum atomic E-state index is 5.89. The summed E-state index contributed by atoms with van der Waals surface area (Å²) in [5.74, 6) is 1.54. The Balaban J connectivity index is 2.46. The Morgan fingerprint density at radius 1 is 0.727 bits per heavy atom. The molecule has 0 saturated heterocycles. The topological polar surface area (TPSA) is 70.5 Å². The van der Waals surface area contributed by atoms with Crippen molar-refractivity contribution in [2.45, 2.75) is 26.7 Å². The second-order valence-corrected chi connectivity index (χ2v) is 5.21. The van der Waals surface area contributed by atoms with E-state index in [1.807, 2.05) is 36.4 Å². The van der Waals surface area contributed by atoms with Crippen LogP contribution < -0.4 is 20.9 Å². The number of benzene rings is 2. The van der Waals surface area contributed by atoms with Gasteiger partial charge in [0.1, 0.15) is 11.5 Å². The van der Waals surface area contributed by atoms with Crippen LogP contribution >= 0.6 is 0 Å². The highest BCUT2D eigenvalue weighted by atomic mass is 16.5. The van der Waals surface area contributed by atoms with Gasteiger partial charge in [0, 0.05) is 34.6 Å². The normalized spacial score (nSPS) is 10.5.